The summed E-state index contributed by atoms with van der Waals surface area (Å²) < 4.78 is 5.17. The molecule has 1 aliphatic rings. The lowest BCUT2D eigenvalue weighted by atomic mass is 9.86. The maximum absolute atomic E-state index is 12.3. The molecule has 1 saturated heterocycles. The SMILES string of the molecule is COCC1CCCN(C(=O)[C@H](N)C(C)(C)C)C1. The first-order valence-electron chi connectivity index (χ1n) is 6.39. The Balaban J connectivity index is 2.57. The van der Waals surface area contributed by atoms with Crippen LogP contribution in [0.3, 0.4) is 0 Å². The van der Waals surface area contributed by atoms with E-state index >= 15 is 0 Å². The number of hydrogen-bond acceptors (Lipinski definition) is 3. The summed E-state index contributed by atoms with van der Waals surface area (Å²) in [5.74, 6) is 0.545. The number of ether oxygens (including phenoxy) is 1. The molecule has 0 aromatic carbocycles. The second kappa shape index (κ2) is 5.83. The van der Waals surface area contributed by atoms with Crippen molar-refractivity contribution in [3.05, 3.63) is 0 Å². The number of carbonyl (C=O) groups excluding carboxylic acids is 1. The predicted octanol–water partition coefficient (Wildman–Crippen LogP) is 1.24. The van der Waals surface area contributed by atoms with Crippen molar-refractivity contribution in [3.8, 4) is 0 Å². The van der Waals surface area contributed by atoms with E-state index in [0.29, 0.717) is 5.92 Å². The highest BCUT2D eigenvalue weighted by Crippen LogP contribution is 2.22. The zero-order valence-electron chi connectivity index (χ0n) is 11.5. The van der Waals surface area contributed by atoms with Crippen LogP contribution in [0.5, 0.6) is 0 Å². The topological polar surface area (TPSA) is 55.6 Å². The molecule has 1 rings (SSSR count). The van der Waals surface area contributed by atoms with Crippen LogP contribution in [-0.2, 0) is 9.53 Å². The molecular formula is C13H26N2O2. The number of rotatable bonds is 3. The average molecular weight is 242 g/mol. The number of methoxy groups -OCH3 is 1. The number of hydrogen-bond donors (Lipinski definition) is 1. The van der Waals surface area contributed by atoms with Crippen molar-refractivity contribution in [2.75, 3.05) is 26.8 Å². The molecule has 1 heterocycles. The van der Waals surface area contributed by atoms with E-state index in [-0.39, 0.29) is 11.3 Å². The van der Waals surface area contributed by atoms with Crippen LogP contribution < -0.4 is 5.73 Å². The Morgan fingerprint density at radius 3 is 2.71 bits per heavy atom. The molecule has 2 N–H and O–H groups in total. The molecule has 1 unspecified atom stereocenters. The number of likely N-dealkylation sites (tertiary alicyclic amines) is 1. The van der Waals surface area contributed by atoms with Gasteiger partial charge in [-0.2, -0.15) is 0 Å². The van der Waals surface area contributed by atoms with Crippen molar-refractivity contribution in [1.82, 2.24) is 4.90 Å². The quantitative estimate of drug-likeness (QED) is 0.810. The van der Waals surface area contributed by atoms with E-state index in [0.717, 1.165) is 32.5 Å². The number of nitrogens with two attached hydrogens (primary N) is 1. The van der Waals surface area contributed by atoms with Gasteiger partial charge in [-0.15, -0.1) is 0 Å². The molecule has 4 nitrogen and oxygen atoms in total. The zero-order chi connectivity index (χ0) is 13.1. The van der Waals surface area contributed by atoms with E-state index in [1.807, 2.05) is 25.7 Å². The Bertz CT molecular complexity index is 259. The van der Waals surface area contributed by atoms with Gasteiger partial charge in [0, 0.05) is 20.2 Å². The van der Waals surface area contributed by atoms with E-state index in [2.05, 4.69) is 0 Å². The Morgan fingerprint density at radius 2 is 2.18 bits per heavy atom. The Hall–Kier alpha value is -0.610. The molecule has 1 fully saturated rings. The van der Waals surface area contributed by atoms with Gasteiger partial charge in [0.2, 0.25) is 5.91 Å². The fraction of sp³-hybridized carbons (Fsp3) is 0.923. The van der Waals surface area contributed by atoms with Crippen molar-refractivity contribution < 1.29 is 9.53 Å². The Morgan fingerprint density at radius 1 is 1.53 bits per heavy atom. The molecule has 0 radical (unpaired) electrons. The van der Waals surface area contributed by atoms with E-state index in [1.165, 1.54) is 0 Å². The second-order valence-electron chi connectivity index (χ2n) is 6.09. The summed E-state index contributed by atoms with van der Waals surface area (Å²) in [5.41, 5.74) is 5.85. The van der Waals surface area contributed by atoms with Gasteiger partial charge in [0.25, 0.3) is 0 Å². The van der Waals surface area contributed by atoms with Crippen molar-refractivity contribution in [1.29, 1.82) is 0 Å². The van der Waals surface area contributed by atoms with E-state index in [9.17, 15) is 4.79 Å². The summed E-state index contributed by atoms with van der Waals surface area (Å²) in [4.78, 5) is 14.2. The van der Waals surface area contributed by atoms with E-state index in [1.54, 1.807) is 7.11 Å². The van der Waals surface area contributed by atoms with Crippen molar-refractivity contribution in [2.45, 2.75) is 39.7 Å². The molecule has 17 heavy (non-hydrogen) atoms. The summed E-state index contributed by atoms with van der Waals surface area (Å²) in [5, 5.41) is 0. The van der Waals surface area contributed by atoms with Crippen LogP contribution in [0.4, 0.5) is 0 Å². The van der Waals surface area contributed by atoms with Crippen LogP contribution >= 0.6 is 0 Å². The van der Waals surface area contributed by atoms with Crippen LogP contribution in [0.25, 0.3) is 0 Å². The van der Waals surface area contributed by atoms with Crippen LogP contribution in [0, 0.1) is 11.3 Å². The molecule has 1 amide bonds. The lowest BCUT2D eigenvalue weighted by molar-refractivity contribution is -0.137. The molecule has 2 atom stereocenters. The monoisotopic (exact) mass is 242 g/mol. The van der Waals surface area contributed by atoms with Gasteiger partial charge in [-0.25, -0.2) is 0 Å². The summed E-state index contributed by atoms with van der Waals surface area (Å²) in [6, 6.07) is -0.413. The normalized spacial score (nSPS) is 23.6. The van der Waals surface area contributed by atoms with Gasteiger partial charge in [0.1, 0.15) is 0 Å². The maximum atomic E-state index is 12.3. The fourth-order valence-corrected chi connectivity index (χ4v) is 2.20. The van der Waals surface area contributed by atoms with Gasteiger partial charge in [-0.05, 0) is 24.2 Å². The molecular weight excluding hydrogens is 216 g/mol. The lowest BCUT2D eigenvalue weighted by Gasteiger charge is -2.37. The predicted molar refractivity (Wildman–Crippen MR) is 68.6 cm³/mol. The molecule has 0 saturated carbocycles. The number of nitrogens with zero attached hydrogens (tertiary/aromatic N) is 1. The van der Waals surface area contributed by atoms with Crippen molar-refractivity contribution in [2.24, 2.45) is 17.1 Å². The number of amides is 1. The highest BCUT2D eigenvalue weighted by molar-refractivity contribution is 5.82. The van der Waals surface area contributed by atoms with Crippen molar-refractivity contribution in [3.63, 3.8) is 0 Å². The summed E-state index contributed by atoms with van der Waals surface area (Å²) >= 11 is 0. The third-order valence-corrected chi connectivity index (χ3v) is 3.43. The average Bonchev–Trinajstić information content (AvgIpc) is 2.27. The first-order chi connectivity index (χ1) is 7.86. The van der Waals surface area contributed by atoms with Gasteiger partial charge in [-0.1, -0.05) is 20.8 Å². The lowest BCUT2D eigenvalue weighted by Crippen LogP contribution is -2.53. The van der Waals surface area contributed by atoms with Crippen LogP contribution in [0.2, 0.25) is 0 Å². The Labute approximate surface area is 104 Å². The molecule has 0 aliphatic carbocycles. The largest absolute Gasteiger partial charge is 0.384 e. The van der Waals surface area contributed by atoms with E-state index in [4.69, 9.17) is 10.5 Å². The molecule has 100 valence electrons. The fourth-order valence-electron chi connectivity index (χ4n) is 2.20. The van der Waals surface area contributed by atoms with Crippen LogP contribution in [-0.4, -0.2) is 43.7 Å². The molecule has 0 aromatic heterocycles. The second-order valence-corrected chi connectivity index (χ2v) is 6.09. The first kappa shape index (κ1) is 14.5. The van der Waals surface area contributed by atoms with Gasteiger partial charge in [0.05, 0.1) is 12.6 Å². The minimum absolute atomic E-state index is 0.0818. The zero-order valence-corrected chi connectivity index (χ0v) is 11.5. The van der Waals surface area contributed by atoms with Crippen LogP contribution in [0.1, 0.15) is 33.6 Å². The van der Waals surface area contributed by atoms with E-state index < -0.39 is 6.04 Å². The molecule has 0 aromatic rings. The summed E-state index contributed by atoms with van der Waals surface area (Å²) in [6.45, 7) is 8.37. The van der Waals surface area contributed by atoms with Crippen LogP contribution in [0.15, 0.2) is 0 Å². The first-order valence-corrected chi connectivity index (χ1v) is 6.39. The van der Waals surface area contributed by atoms with Gasteiger partial charge < -0.3 is 15.4 Å². The summed E-state index contributed by atoms with van der Waals surface area (Å²) in [6.07, 6.45) is 2.19. The Kier molecular flexibility index (Phi) is 4.95. The van der Waals surface area contributed by atoms with Gasteiger partial charge in [0.15, 0.2) is 0 Å². The number of carbonyl (C=O) groups is 1. The molecule has 4 heteroatoms. The number of piperidine rings is 1. The van der Waals surface area contributed by atoms with Gasteiger partial charge >= 0.3 is 0 Å². The highest BCUT2D eigenvalue weighted by Gasteiger charge is 2.33. The third-order valence-electron chi connectivity index (χ3n) is 3.43. The summed E-state index contributed by atoms with van der Waals surface area (Å²) in [7, 11) is 1.71. The molecule has 0 spiro atoms. The van der Waals surface area contributed by atoms with Gasteiger partial charge in [-0.3, -0.25) is 4.79 Å². The standard InChI is InChI=1S/C13H26N2O2/c1-13(2,3)11(14)12(16)15-7-5-6-10(8-15)9-17-4/h10-11H,5-9,14H2,1-4H3/t10?,11-/m0/s1. The minimum atomic E-state index is -0.413. The molecule has 0 bridgehead atoms. The highest BCUT2D eigenvalue weighted by atomic mass is 16.5. The maximum Gasteiger partial charge on any atom is 0.240 e. The smallest absolute Gasteiger partial charge is 0.240 e. The molecule has 1 aliphatic heterocycles. The van der Waals surface area contributed by atoms with Crippen molar-refractivity contribution >= 4 is 5.91 Å². The minimum Gasteiger partial charge on any atom is -0.384 e. The third kappa shape index (κ3) is 3.96.